The van der Waals surface area contributed by atoms with Gasteiger partial charge in [-0.3, -0.25) is 4.79 Å². The third-order valence-corrected chi connectivity index (χ3v) is 2.32. The van der Waals surface area contributed by atoms with Crippen LogP contribution >= 0.6 is 11.6 Å². The lowest BCUT2D eigenvalue weighted by Gasteiger charge is -2.05. The first-order chi connectivity index (χ1) is 8.15. The molecule has 2 heterocycles. The predicted octanol–water partition coefficient (Wildman–Crippen LogP) is 1.27. The summed E-state index contributed by atoms with van der Waals surface area (Å²) in [4.78, 5) is 15.6. The van der Waals surface area contributed by atoms with Gasteiger partial charge >= 0.3 is 0 Å². The van der Waals surface area contributed by atoms with Gasteiger partial charge in [-0.1, -0.05) is 16.8 Å². The van der Waals surface area contributed by atoms with Gasteiger partial charge in [0.25, 0.3) is 0 Å². The average molecular weight is 252 g/mol. The highest BCUT2D eigenvalue weighted by atomic mass is 35.5. The highest BCUT2D eigenvalue weighted by Gasteiger charge is 2.06. The van der Waals surface area contributed by atoms with Gasteiger partial charge < -0.3 is 5.32 Å². The molecule has 0 radical (unpaired) electrons. The van der Waals surface area contributed by atoms with Crippen molar-refractivity contribution < 1.29 is 4.79 Å². The molecule has 2 aromatic heterocycles. The Morgan fingerprint density at radius 2 is 2.29 bits per heavy atom. The van der Waals surface area contributed by atoms with E-state index in [0.717, 1.165) is 5.69 Å². The number of hydrogen-bond acceptors (Lipinski definition) is 4. The topological polar surface area (TPSA) is 72.7 Å². The van der Waals surface area contributed by atoms with Gasteiger partial charge in [-0.2, -0.15) is 0 Å². The van der Waals surface area contributed by atoms with Crippen LogP contribution in [0.25, 0.3) is 0 Å². The Morgan fingerprint density at radius 1 is 1.47 bits per heavy atom. The second-order valence-electron chi connectivity index (χ2n) is 3.44. The SMILES string of the molecule is Cc1cnnn1CC(=O)Nc1ccc(Cl)cn1. The minimum Gasteiger partial charge on any atom is -0.309 e. The van der Waals surface area contributed by atoms with E-state index in [1.165, 1.54) is 10.9 Å². The van der Waals surface area contributed by atoms with E-state index in [9.17, 15) is 4.79 Å². The molecule has 0 saturated carbocycles. The summed E-state index contributed by atoms with van der Waals surface area (Å²) in [6.45, 7) is 1.93. The van der Waals surface area contributed by atoms with E-state index in [-0.39, 0.29) is 12.5 Å². The number of amides is 1. The Balaban J connectivity index is 1.98. The summed E-state index contributed by atoms with van der Waals surface area (Å²) in [6, 6.07) is 3.29. The van der Waals surface area contributed by atoms with E-state index in [4.69, 9.17) is 11.6 Å². The maximum atomic E-state index is 11.6. The molecule has 0 fully saturated rings. The normalized spacial score (nSPS) is 10.2. The Morgan fingerprint density at radius 3 is 2.88 bits per heavy atom. The molecule has 6 nitrogen and oxygen atoms in total. The third-order valence-electron chi connectivity index (χ3n) is 2.10. The average Bonchev–Trinajstić information content (AvgIpc) is 2.68. The molecule has 0 aliphatic rings. The molecule has 1 amide bonds. The van der Waals surface area contributed by atoms with E-state index in [1.54, 1.807) is 18.3 Å². The van der Waals surface area contributed by atoms with Crippen LogP contribution < -0.4 is 5.32 Å². The first kappa shape index (κ1) is 11.5. The van der Waals surface area contributed by atoms with Crippen molar-refractivity contribution in [2.75, 3.05) is 5.32 Å². The molecule has 0 aliphatic heterocycles. The second kappa shape index (κ2) is 4.92. The van der Waals surface area contributed by atoms with Crippen LogP contribution in [-0.4, -0.2) is 25.9 Å². The quantitative estimate of drug-likeness (QED) is 0.892. The van der Waals surface area contributed by atoms with Gasteiger partial charge in [-0.25, -0.2) is 9.67 Å². The Kier molecular flexibility index (Phi) is 3.34. The lowest BCUT2D eigenvalue weighted by atomic mass is 10.4. The van der Waals surface area contributed by atoms with E-state index in [1.807, 2.05) is 6.92 Å². The van der Waals surface area contributed by atoms with Crippen LogP contribution in [0.2, 0.25) is 5.02 Å². The maximum Gasteiger partial charge on any atom is 0.247 e. The zero-order valence-electron chi connectivity index (χ0n) is 9.09. The van der Waals surface area contributed by atoms with E-state index < -0.39 is 0 Å². The van der Waals surface area contributed by atoms with Crippen LogP contribution in [0.3, 0.4) is 0 Å². The lowest BCUT2D eigenvalue weighted by molar-refractivity contribution is -0.117. The summed E-state index contributed by atoms with van der Waals surface area (Å²) in [6.07, 6.45) is 3.06. The molecule has 0 spiro atoms. The number of carbonyl (C=O) groups excluding carboxylic acids is 1. The first-order valence-corrected chi connectivity index (χ1v) is 5.29. The number of aromatic nitrogens is 4. The standard InChI is InChI=1S/C10H10ClN5O/c1-7-4-13-15-16(7)6-10(17)14-9-3-2-8(11)5-12-9/h2-5H,6H2,1H3,(H,12,14,17). The van der Waals surface area contributed by atoms with Crippen molar-refractivity contribution in [2.24, 2.45) is 0 Å². The molecule has 88 valence electrons. The van der Waals surface area contributed by atoms with Crippen LogP contribution in [0, 0.1) is 6.92 Å². The zero-order chi connectivity index (χ0) is 12.3. The number of halogens is 1. The molecule has 0 aliphatic carbocycles. The third kappa shape index (κ3) is 3.01. The minimum absolute atomic E-state index is 0.107. The summed E-state index contributed by atoms with van der Waals surface area (Å²) < 4.78 is 1.51. The smallest absolute Gasteiger partial charge is 0.247 e. The number of nitrogens with zero attached hydrogens (tertiary/aromatic N) is 4. The molecule has 0 unspecified atom stereocenters. The lowest BCUT2D eigenvalue weighted by Crippen LogP contribution is -2.20. The van der Waals surface area contributed by atoms with Crippen molar-refractivity contribution in [1.82, 2.24) is 20.0 Å². The molecule has 0 bridgehead atoms. The van der Waals surface area contributed by atoms with Crippen LogP contribution in [0.5, 0.6) is 0 Å². The fraction of sp³-hybridized carbons (Fsp3) is 0.200. The molecule has 2 rings (SSSR count). The fourth-order valence-corrected chi connectivity index (χ4v) is 1.35. The van der Waals surface area contributed by atoms with E-state index in [2.05, 4.69) is 20.6 Å². The maximum absolute atomic E-state index is 11.6. The van der Waals surface area contributed by atoms with Crippen LogP contribution in [-0.2, 0) is 11.3 Å². The van der Waals surface area contributed by atoms with Gasteiger partial charge in [0, 0.05) is 6.20 Å². The Bertz CT molecular complexity index is 522. The predicted molar refractivity (Wildman–Crippen MR) is 62.6 cm³/mol. The number of pyridine rings is 1. The van der Waals surface area contributed by atoms with Crippen molar-refractivity contribution in [3.05, 3.63) is 35.2 Å². The van der Waals surface area contributed by atoms with Gasteiger partial charge in [-0.05, 0) is 19.1 Å². The largest absolute Gasteiger partial charge is 0.309 e. The highest BCUT2D eigenvalue weighted by molar-refractivity contribution is 6.30. The summed E-state index contributed by atoms with van der Waals surface area (Å²) in [5, 5.41) is 10.6. The summed E-state index contributed by atoms with van der Waals surface area (Å²) in [7, 11) is 0. The summed E-state index contributed by atoms with van der Waals surface area (Å²) in [5.41, 5.74) is 0.823. The molecule has 2 aromatic rings. The van der Waals surface area contributed by atoms with Gasteiger partial charge in [0.15, 0.2) is 0 Å². The van der Waals surface area contributed by atoms with Crippen LogP contribution in [0.15, 0.2) is 24.5 Å². The molecule has 0 aromatic carbocycles. The van der Waals surface area contributed by atoms with Gasteiger partial charge in [0.1, 0.15) is 12.4 Å². The van der Waals surface area contributed by atoms with Gasteiger partial charge in [0.2, 0.25) is 5.91 Å². The fourth-order valence-electron chi connectivity index (χ4n) is 1.23. The number of carbonyl (C=O) groups is 1. The molecular formula is C10H10ClN5O. The number of hydrogen-bond donors (Lipinski definition) is 1. The van der Waals surface area contributed by atoms with Gasteiger partial charge in [-0.15, -0.1) is 5.10 Å². The molecule has 17 heavy (non-hydrogen) atoms. The summed E-state index contributed by atoms with van der Waals surface area (Å²) >= 11 is 5.69. The van der Waals surface area contributed by atoms with Crippen molar-refractivity contribution in [2.45, 2.75) is 13.5 Å². The number of aryl methyl sites for hydroxylation is 1. The van der Waals surface area contributed by atoms with Crippen molar-refractivity contribution >= 4 is 23.3 Å². The van der Waals surface area contributed by atoms with Crippen molar-refractivity contribution in [1.29, 1.82) is 0 Å². The van der Waals surface area contributed by atoms with Crippen LogP contribution in [0.4, 0.5) is 5.82 Å². The van der Waals surface area contributed by atoms with E-state index in [0.29, 0.717) is 10.8 Å². The molecule has 0 atom stereocenters. The number of anilines is 1. The minimum atomic E-state index is -0.214. The van der Waals surface area contributed by atoms with Crippen molar-refractivity contribution in [3.8, 4) is 0 Å². The van der Waals surface area contributed by atoms with Gasteiger partial charge in [0.05, 0.1) is 16.9 Å². The molecule has 1 N–H and O–H groups in total. The molecule has 0 saturated heterocycles. The first-order valence-electron chi connectivity index (χ1n) is 4.91. The Labute approximate surface area is 103 Å². The number of nitrogens with one attached hydrogen (secondary N) is 1. The van der Waals surface area contributed by atoms with Crippen molar-refractivity contribution in [3.63, 3.8) is 0 Å². The highest BCUT2D eigenvalue weighted by Crippen LogP contribution is 2.09. The van der Waals surface area contributed by atoms with Crippen LogP contribution in [0.1, 0.15) is 5.69 Å². The molecular weight excluding hydrogens is 242 g/mol. The van der Waals surface area contributed by atoms with E-state index >= 15 is 0 Å². The molecule has 7 heteroatoms. The summed E-state index contributed by atoms with van der Waals surface area (Å²) in [5.74, 6) is 0.241. The second-order valence-corrected chi connectivity index (χ2v) is 3.88. The zero-order valence-corrected chi connectivity index (χ0v) is 9.85. The number of rotatable bonds is 3. The monoisotopic (exact) mass is 251 g/mol. The Hall–Kier alpha value is -1.95.